The number of aryl methyl sites for hydroxylation is 2. The summed E-state index contributed by atoms with van der Waals surface area (Å²) in [6.45, 7) is 6.07. The molecule has 10 nitrogen and oxygen atoms in total. The summed E-state index contributed by atoms with van der Waals surface area (Å²) in [4.78, 5) is 52.7. The number of benzene rings is 2. The summed E-state index contributed by atoms with van der Waals surface area (Å²) >= 11 is 0. The fourth-order valence-electron chi connectivity index (χ4n) is 5.21. The largest absolute Gasteiger partial charge is 0.465 e. The Morgan fingerprint density at radius 1 is 1.03 bits per heavy atom. The minimum Gasteiger partial charge on any atom is -0.465 e. The molecule has 2 aliphatic rings. The van der Waals surface area contributed by atoms with Gasteiger partial charge >= 0.3 is 12.0 Å². The molecule has 2 saturated heterocycles. The van der Waals surface area contributed by atoms with Crippen molar-refractivity contribution in [1.82, 2.24) is 9.80 Å². The zero-order valence-electron chi connectivity index (χ0n) is 20.7. The number of carbonyl (C=O) groups is 3. The van der Waals surface area contributed by atoms with Gasteiger partial charge < -0.3 is 19.9 Å². The maximum Gasteiger partial charge on any atom is 0.345 e. The Morgan fingerprint density at radius 3 is 2.31 bits per heavy atom. The molecule has 1 spiro atoms. The van der Waals surface area contributed by atoms with Crippen molar-refractivity contribution in [3.05, 3.63) is 68.8 Å². The molecule has 1 N–H and O–H groups in total. The van der Waals surface area contributed by atoms with Crippen molar-refractivity contribution >= 4 is 29.3 Å². The van der Waals surface area contributed by atoms with Gasteiger partial charge in [-0.25, -0.2) is 9.59 Å². The van der Waals surface area contributed by atoms with Crippen LogP contribution in [-0.2, 0) is 4.74 Å². The summed E-state index contributed by atoms with van der Waals surface area (Å²) in [5, 5.41) is 14.4. The second-order valence-electron chi connectivity index (χ2n) is 9.66. The number of methoxy groups -OCH3 is 1. The smallest absolute Gasteiger partial charge is 0.345 e. The lowest BCUT2D eigenvalue weighted by atomic mass is 9.78. The van der Waals surface area contributed by atoms with Crippen LogP contribution in [-0.4, -0.2) is 65.9 Å². The lowest BCUT2D eigenvalue weighted by Gasteiger charge is -2.39. The topological polar surface area (TPSA) is 122 Å². The third-order valence-corrected chi connectivity index (χ3v) is 7.32. The highest BCUT2D eigenvalue weighted by atomic mass is 16.6. The number of hydrogen-bond donors (Lipinski definition) is 1. The molecule has 0 radical (unpaired) electrons. The van der Waals surface area contributed by atoms with Crippen LogP contribution in [0.15, 0.2) is 36.4 Å². The molecule has 2 aliphatic heterocycles. The third-order valence-electron chi connectivity index (χ3n) is 7.32. The van der Waals surface area contributed by atoms with E-state index >= 15 is 0 Å². The van der Waals surface area contributed by atoms with E-state index in [1.165, 1.54) is 18.2 Å². The van der Waals surface area contributed by atoms with Gasteiger partial charge in [0.05, 0.1) is 17.6 Å². The molecule has 2 aromatic carbocycles. The number of rotatable bonds is 4. The van der Waals surface area contributed by atoms with Crippen LogP contribution in [0.2, 0.25) is 0 Å². The molecule has 0 unspecified atom stereocenters. The minimum atomic E-state index is -0.914. The average Bonchev–Trinajstić information content (AvgIpc) is 3.27. The van der Waals surface area contributed by atoms with Crippen LogP contribution in [0.25, 0.3) is 0 Å². The van der Waals surface area contributed by atoms with Gasteiger partial charge in [-0.15, -0.1) is 0 Å². The van der Waals surface area contributed by atoms with E-state index in [9.17, 15) is 24.5 Å². The summed E-state index contributed by atoms with van der Waals surface area (Å²) in [6, 6.07) is 9.77. The van der Waals surface area contributed by atoms with Crippen molar-refractivity contribution in [2.75, 3.05) is 38.6 Å². The monoisotopic (exact) mass is 494 g/mol. The molecule has 2 fully saturated rings. The van der Waals surface area contributed by atoms with Gasteiger partial charge in [0.2, 0.25) is 0 Å². The van der Waals surface area contributed by atoms with Crippen LogP contribution in [0.1, 0.15) is 51.1 Å². The molecule has 0 atom stereocenters. The fraction of sp³-hybridized carbons (Fsp3) is 0.423. The maximum atomic E-state index is 13.3. The second-order valence-corrected chi connectivity index (χ2v) is 9.66. The Hall–Kier alpha value is -3.95. The zero-order chi connectivity index (χ0) is 26.0. The molecular formula is C26H30N4O6. The van der Waals surface area contributed by atoms with Crippen molar-refractivity contribution in [3.8, 4) is 0 Å². The third kappa shape index (κ3) is 4.89. The first-order valence-electron chi connectivity index (χ1n) is 11.9. The first-order valence-corrected chi connectivity index (χ1v) is 11.9. The molecule has 10 heteroatoms. The predicted octanol–water partition coefficient (Wildman–Crippen LogP) is 4.16. The van der Waals surface area contributed by atoms with E-state index < -0.39 is 22.5 Å². The predicted molar refractivity (Wildman–Crippen MR) is 133 cm³/mol. The molecule has 0 aliphatic carbocycles. The molecule has 0 saturated carbocycles. The Kier molecular flexibility index (Phi) is 6.96. The van der Waals surface area contributed by atoms with E-state index in [0.717, 1.165) is 43.2 Å². The van der Waals surface area contributed by atoms with Crippen molar-refractivity contribution in [1.29, 1.82) is 0 Å². The highest BCUT2D eigenvalue weighted by molar-refractivity contribution is 6.08. The second kappa shape index (κ2) is 9.96. The van der Waals surface area contributed by atoms with Crippen LogP contribution in [0.3, 0.4) is 0 Å². The molecule has 2 heterocycles. The highest BCUT2D eigenvalue weighted by Crippen LogP contribution is 2.41. The van der Waals surface area contributed by atoms with Gasteiger partial charge in [-0.3, -0.25) is 14.9 Å². The van der Waals surface area contributed by atoms with E-state index in [-0.39, 0.29) is 22.6 Å². The Morgan fingerprint density at radius 2 is 1.69 bits per heavy atom. The number of nitrogens with one attached hydrogen (secondary N) is 1. The van der Waals surface area contributed by atoms with Crippen LogP contribution >= 0.6 is 0 Å². The van der Waals surface area contributed by atoms with Gasteiger partial charge in [0.15, 0.2) is 0 Å². The molecule has 4 rings (SSSR count). The molecule has 3 amide bonds. The van der Waals surface area contributed by atoms with Crippen molar-refractivity contribution < 1.29 is 24.0 Å². The number of hydrogen-bond acceptors (Lipinski definition) is 6. The van der Waals surface area contributed by atoms with Crippen LogP contribution < -0.4 is 5.32 Å². The molecule has 2 aromatic rings. The molecular weight excluding hydrogens is 464 g/mol. The Bertz CT molecular complexity index is 1220. The Labute approximate surface area is 209 Å². The average molecular weight is 495 g/mol. The highest BCUT2D eigenvalue weighted by Gasteiger charge is 2.44. The Balaban J connectivity index is 1.42. The summed E-state index contributed by atoms with van der Waals surface area (Å²) in [5.74, 6) is -1.34. The number of nitro benzene ring substituents is 1. The number of nitro groups is 1. The summed E-state index contributed by atoms with van der Waals surface area (Å²) < 4.78 is 4.72. The number of piperidine rings is 1. The fourth-order valence-corrected chi connectivity index (χ4v) is 5.21. The standard InChI is InChI=1S/C26H30N4O6/c1-17-7-8-20(18(2)15-17)27-25(33)28-12-9-26(10-13-28)11-14-29(16-26)23(31)19-5-4-6-21(30(34)35)22(19)24(32)36-3/h4-8,15H,9-14,16H2,1-3H3,(H,27,33). The lowest BCUT2D eigenvalue weighted by Crippen LogP contribution is -2.46. The van der Waals surface area contributed by atoms with Crippen molar-refractivity contribution in [2.24, 2.45) is 5.41 Å². The first kappa shape index (κ1) is 25.2. The quantitative estimate of drug-likeness (QED) is 0.387. The molecule has 190 valence electrons. The van der Waals surface area contributed by atoms with E-state index in [1.807, 2.05) is 32.0 Å². The SMILES string of the molecule is COC(=O)c1c(C(=O)N2CCC3(CCN(C(=O)Nc4ccc(C)cc4C)CC3)C2)cccc1[N+](=O)[O-]. The maximum absolute atomic E-state index is 13.3. The van der Waals surface area contributed by atoms with Gasteiger partial charge in [0, 0.05) is 37.9 Å². The molecule has 36 heavy (non-hydrogen) atoms. The van der Waals surface area contributed by atoms with Crippen LogP contribution in [0.4, 0.5) is 16.2 Å². The number of carbonyl (C=O) groups excluding carboxylic acids is 3. The van der Waals surface area contributed by atoms with E-state index in [4.69, 9.17) is 4.74 Å². The summed E-state index contributed by atoms with van der Waals surface area (Å²) in [5.41, 5.74) is 2.00. The van der Waals surface area contributed by atoms with Crippen LogP contribution in [0.5, 0.6) is 0 Å². The van der Waals surface area contributed by atoms with Crippen molar-refractivity contribution in [2.45, 2.75) is 33.1 Å². The number of anilines is 1. The molecule has 0 aromatic heterocycles. The number of amides is 3. The lowest BCUT2D eigenvalue weighted by molar-refractivity contribution is -0.385. The van der Waals surface area contributed by atoms with Crippen LogP contribution in [0, 0.1) is 29.4 Å². The minimum absolute atomic E-state index is 0.0293. The first-order chi connectivity index (χ1) is 17.1. The number of likely N-dealkylation sites (tertiary alicyclic amines) is 2. The summed E-state index contributed by atoms with van der Waals surface area (Å²) in [7, 11) is 1.13. The van der Waals surface area contributed by atoms with Gasteiger partial charge in [-0.2, -0.15) is 0 Å². The van der Waals surface area contributed by atoms with E-state index in [0.29, 0.717) is 26.2 Å². The van der Waals surface area contributed by atoms with Gasteiger partial charge in [0.1, 0.15) is 5.56 Å². The van der Waals surface area contributed by atoms with Gasteiger partial charge in [-0.05, 0) is 56.2 Å². The normalized spacial score (nSPS) is 16.6. The molecule has 0 bridgehead atoms. The number of esters is 1. The number of urea groups is 1. The van der Waals surface area contributed by atoms with Crippen molar-refractivity contribution in [3.63, 3.8) is 0 Å². The van der Waals surface area contributed by atoms with Gasteiger partial charge in [0.25, 0.3) is 11.6 Å². The number of nitrogens with zero attached hydrogens (tertiary/aromatic N) is 3. The van der Waals surface area contributed by atoms with Gasteiger partial charge in [-0.1, -0.05) is 23.8 Å². The number of ether oxygens (including phenoxy) is 1. The van der Waals surface area contributed by atoms with E-state index in [2.05, 4.69) is 5.32 Å². The van der Waals surface area contributed by atoms with E-state index in [1.54, 1.807) is 9.80 Å². The summed E-state index contributed by atoms with van der Waals surface area (Å²) in [6.07, 6.45) is 2.26. The zero-order valence-corrected chi connectivity index (χ0v) is 20.7.